The van der Waals surface area contributed by atoms with E-state index in [4.69, 9.17) is 11.6 Å². The minimum Gasteiger partial charge on any atom is -0.305 e. The smallest absolute Gasteiger partial charge is 0.305 e. The Balaban J connectivity index is 1.79. The lowest BCUT2D eigenvalue weighted by molar-refractivity contribution is -0.190. The topological polar surface area (TPSA) is 24.9 Å². The van der Waals surface area contributed by atoms with Gasteiger partial charge in [-0.05, 0) is 78.8 Å². The minimum absolute atomic E-state index is 0.0589. The Hall–Kier alpha value is -2.63. The van der Waals surface area contributed by atoms with Gasteiger partial charge in [-0.3, -0.25) is 4.98 Å². The fourth-order valence-corrected chi connectivity index (χ4v) is 4.55. The van der Waals surface area contributed by atoms with E-state index in [0.717, 1.165) is 11.3 Å². The quantitative estimate of drug-likeness (QED) is 0.329. The average molecular weight is 487 g/mol. The van der Waals surface area contributed by atoms with Gasteiger partial charge in [0.25, 0.3) is 0 Å². The molecule has 0 fully saturated rings. The van der Waals surface area contributed by atoms with Gasteiger partial charge < -0.3 is 5.32 Å². The number of nitrogens with one attached hydrogen (secondary N) is 1. The van der Waals surface area contributed by atoms with Crippen molar-refractivity contribution in [2.24, 2.45) is 0 Å². The number of pyridine rings is 1. The van der Waals surface area contributed by atoms with Crippen molar-refractivity contribution in [3.05, 3.63) is 106 Å². The Labute approximate surface area is 204 Å². The summed E-state index contributed by atoms with van der Waals surface area (Å²) in [7, 11) is 0. The highest BCUT2D eigenvalue weighted by atomic mass is 35.5. The Morgan fingerprint density at radius 1 is 1.09 bits per heavy atom. The summed E-state index contributed by atoms with van der Waals surface area (Å²) in [5, 5.41) is 3.72. The molecule has 0 spiro atoms. The van der Waals surface area contributed by atoms with Crippen LogP contribution >= 0.6 is 11.6 Å². The molecule has 0 aliphatic rings. The highest BCUT2D eigenvalue weighted by molar-refractivity contribution is 6.30. The van der Waals surface area contributed by atoms with Gasteiger partial charge >= 0.3 is 6.18 Å². The molecule has 2 unspecified atom stereocenters. The Morgan fingerprint density at radius 3 is 2.35 bits per heavy atom. The molecule has 3 aromatic rings. The molecule has 0 saturated carbocycles. The van der Waals surface area contributed by atoms with Crippen molar-refractivity contribution in [2.45, 2.75) is 57.8 Å². The Kier molecular flexibility index (Phi) is 8.21. The second kappa shape index (κ2) is 10.7. The van der Waals surface area contributed by atoms with Crippen LogP contribution in [0.1, 0.15) is 60.7 Å². The predicted molar refractivity (Wildman–Crippen MR) is 134 cm³/mol. The number of hydrogen-bond donors (Lipinski definition) is 1. The van der Waals surface area contributed by atoms with Crippen molar-refractivity contribution in [2.75, 3.05) is 0 Å². The zero-order valence-electron chi connectivity index (χ0n) is 19.7. The molecule has 2 nitrogen and oxygen atoms in total. The summed E-state index contributed by atoms with van der Waals surface area (Å²) < 4.78 is 43.5. The van der Waals surface area contributed by atoms with Crippen LogP contribution in [0.4, 0.5) is 13.2 Å². The van der Waals surface area contributed by atoms with Crippen LogP contribution in [-0.2, 0) is 12.0 Å². The van der Waals surface area contributed by atoms with Crippen molar-refractivity contribution >= 4 is 17.2 Å². The van der Waals surface area contributed by atoms with Gasteiger partial charge in [0.15, 0.2) is 0 Å². The summed E-state index contributed by atoms with van der Waals surface area (Å²) in [4.78, 5) is 4.31. The lowest BCUT2D eigenvalue weighted by Gasteiger charge is -2.36. The van der Waals surface area contributed by atoms with E-state index in [-0.39, 0.29) is 24.4 Å². The van der Waals surface area contributed by atoms with Gasteiger partial charge in [-0.25, -0.2) is 0 Å². The number of aromatic nitrogens is 1. The summed E-state index contributed by atoms with van der Waals surface area (Å²) in [5.41, 5.74) is 1.94. The molecule has 0 saturated heterocycles. The lowest BCUT2D eigenvalue weighted by Crippen LogP contribution is -2.42. The van der Waals surface area contributed by atoms with Crippen molar-refractivity contribution in [1.29, 1.82) is 0 Å². The van der Waals surface area contributed by atoms with Crippen LogP contribution in [0.5, 0.6) is 0 Å². The van der Waals surface area contributed by atoms with E-state index in [1.807, 2.05) is 49.4 Å². The van der Waals surface area contributed by atoms with Crippen molar-refractivity contribution in [3.8, 4) is 0 Å². The van der Waals surface area contributed by atoms with E-state index in [1.54, 1.807) is 32.2 Å². The van der Waals surface area contributed by atoms with Crippen LogP contribution in [-0.4, -0.2) is 11.2 Å². The zero-order valence-corrected chi connectivity index (χ0v) is 20.5. The molecule has 1 N–H and O–H groups in total. The molecule has 6 heteroatoms. The fraction of sp³-hybridized carbons (Fsp3) is 0.321. The maximum atomic E-state index is 14.5. The Bertz CT molecular complexity index is 1090. The molecular weight excluding hydrogens is 457 g/mol. The molecule has 0 radical (unpaired) electrons. The third-order valence-electron chi connectivity index (χ3n) is 6.39. The van der Waals surface area contributed by atoms with Gasteiger partial charge in [-0.15, -0.1) is 0 Å². The normalized spacial score (nSPS) is 14.4. The molecule has 1 heterocycles. The number of aryl methyl sites for hydroxylation is 1. The predicted octanol–water partition coefficient (Wildman–Crippen LogP) is 8.21. The number of benzene rings is 2. The molecule has 3 rings (SSSR count). The Morgan fingerprint density at radius 2 is 1.79 bits per heavy atom. The van der Waals surface area contributed by atoms with Crippen LogP contribution in [0.15, 0.2) is 73.4 Å². The number of allylic oxidation sites excluding steroid dienone is 1. The van der Waals surface area contributed by atoms with E-state index < -0.39 is 11.6 Å². The molecule has 2 atom stereocenters. The van der Waals surface area contributed by atoms with Crippen LogP contribution in [0, 0.1) is 6.92 Å². The van der Waals surface area contributed by atoms with Crippen LogP contribution < -0.4 is 5.32 Å². The summed E-state index contributed by atoms with van der Waals surface area (Å²) in [5.74, 6) is 0. The number of nitrogens with zero attached hydrogens (tertiary/aromatic N) is 1. The monoisotopic (exact) mass is 486 g/mol. The molecule has 1 aromatic heterocycles. The number of alkyl halides is 3. The van der Waals surface area contributed by atoms with Gasteiger partial charge in [-0.2, -0.15) is 13.2 Å². The van der Waals surface area contributed by atoms with Gasteiger partial charge in [0, 0.05) is 23.8 Å². The van der Waals surface area contributed by atoms with Gasteiger partial charge in [0.1, 0.15) is 0 Å². The molecule has 0 bridgehead atoms. The first-order valence-corrected chi connectivity index (χ1v) is 11.7. The summed E-state index contributed by atoms with van der Waals surface area (Å²) in [6.07, 6.45) is -3.04. The maximum Gasteiger partial charge on any atom is 0.398 e. The number of rotatable bonds is 9. The standard InChI is InChI=1S/C28H30ClF3N2/c1-5-27(28(30,31)32,24-14-19(2)15-25(29)16-24)17-20(3)22-9-11-23(12-10-22)21(4)34-18-26-8-6-7-13-33-26/h6-16,21,34H,3,5,17-18H2,1-2,4H3. The lowest BCUT2D eigenvalue weighted by atomic mass is 9.71. The van der Waals surface area contributed by atoms with Crippen molar-refractivity contribution in [3.63, 3.8) is 0 Å². The van der Waals surface area contributed by atoms with Gasteiger partial charge in [0.2, 0.25) is 0 Å². The highest BCUT2D eigenvalue weighted by Gasteiger charge is 2.54. The maximum absolute atomic E-state index is 14.5. The molecule has 180 valence electrons. The first kappa shape index (κ1) is 26.0. The highest BCUT2D eigenvalue weighted by Crippen LogP contribution is 2.49. The van der Waals surface area contributed by atoms with E-state index in [0.29, 0.717) is 28.3 Å². The van der Waals surface area contributed by atoms with E-state index in [9.17, 15) is 13.2 Å². The first-order valence-electron chi connectivity index (χ1n) is 11.3. The SMILES string of the molecule is C=C(CC(CC)(c1cc(C)cc(Cl)c1)C(F)(F)F)c1ccc(C(C)NCc2ccccn2)cc1. The molecule has 2 aromatic carbocycles. The van der Waals surface area contributed by atoms with Crippen molar-refractivity contribution in [1.82, 2.24) is 10.3 Å². The summed E-state index contributed by atoms with van der Waals surface area (Å²) >= 11 is 6.13. The summed E-state index contributed by atoms with van der Waals surface area (Å²) in [6, 6.07) is 18.0. The van der Waals surface area contributed by atoms with E-state index in [2.05, 4.69) is 16.9 Å². The van der Waals surface area contributed by atoms with Gasteiger partial charge in [-0.1, -0.05) is 61.5 Å². The second-order valence-electron chi connectivity index (χ2n) is 8.78. The van der Waals surface area contributed by atoms with Crippen LogP contribution in [0.3, 0.4) is 0 Å². The molecule has 0 amide bonds. The fourth-order valence-electron chi connectivity index (χ4n) is 4.26. The van der Waals surface area contributed by atoms with Crippen LogP contribution in [0.25, 0.3) is 5.57 Å². The van der Waals surface area contributed by atoms with Gasteiger partial charge in [0.05, 0.1) is 11.1 Å². The van der Waals surface area contributed by atoms with Crippen molar-refractivity contribution < 1.29 is 13.2 Å². The average Bonchev–Trinajstić information content (AvgIpc) is 2.80. The van der Waals surface area contributed by atoms with E-state index in [1.165, 1.54) is 6.07 Å². The number of halogens is 4. The minimum atomic E-state index is -4.45. The zero-order chi connectivity index (χ0) is 24.9. The third-order valence-corrected chi connectivity index (χ3v) is 6.61. The largest absolute Gasteiger partial charge is 0.398 e. The number of hydrogen-bond acceptors (Lipinski definition) is 2. The first-order chi connectivity index (χ1) is 16.1. The molecular formula is C28H30ClF3N2. The summed E-state index contributed by atoms with van der Waals surface area (Å²) in [6.45, 7) is 10.0. The third kappa shape index (κ3) is 5.89. The van der Waals surface area contributed by atoms with Crippen LogP contribution in [0.2, 0.25) is 5.02 Å². The second-order valence-corrected chi connectivity index (χ2v) is 9.21. The van der Waals surface area contributed by atoms with E-state index >= 15 is 0 Å². The molecule has 34 heavy (non-hydrogen) atoms. The molecule has 0 aliphatic carbocycles. The molecule has 0 aliphatic heterocycles.